The van der Waals surface area contributed by atoms with Gasteiger partial charge in [-0.1, -0.05) is 6.08 Å². The fraction of sp³-hybridized carbons (Fsp3) is 0.781. The minimum absolute atomic E-state index is 0.111. The first kappa shape index (κ1) is 38.1. The highest BCUT2D eigenvalue weighted by Gasteiger charge is 2.44. The van der Waals surface area contributed by atoms with Gasteiger partial charge in [0.25, 0.3) is 0 Å². The van der Waals surface area contributed by atoms with Crippen molar-refractivity contribution in [2.24, 2.45) is 0 Å². The number of likely N-dealkylation sites (tertiary alicyclic amines) is 2. The minimum Gasteiger partial charge on any atom is -0.458 e. The van der Waals surface area contributed by atoms with Crippen molar-refractivity contribution >= 4 is 30.2 Å². The lowest BCUT2D eigenvalue weighted by molar-refractivity contribution is -0.160. The Morgan fingerprint density at radius 2 is 1.12 bits per heavy atom. The summed E-state index contributed by atoms with van der Waals surface area (Å²) in [6, 6.07) is -1.88. The van der Waals surface area contributed by atoms with Crippen molar-refractivity contribution in [1.82, 2.24) is 9.80 Å². The average molecular weight is 611 g/mol. The number of carbonyl (C=O) groups is 5. The summed E-state index contributed by atoms with van der Waals surface area (Å²) in [4.78, 5) is 61.6. The summed E-state index contributed by atoms with van der Waals surface area (Å²) in [6.07, 6.45) is 6.14. The molecular formula is C32H54N2O9. The second-order valence-corrected chi connectivity index (χ2v) is 13.9. The molecule has 3 saturated heterocycles. The highest BCUT2D eigenvalue weighted by atomic mass is 16.6. The van der Waals surface area contributed by atoms with E-state index in [0.717, 1.165) is 13.2 Å². The highest BCUT2D eigenvalue weighted by Crippen LogP contribution is 2.29. The van der Waals surface area contributed by atoms with Gasteiger partial charge in [-0.15, -0.1) is 6.58 Å². The maximum absolute atomic E-state index is 12.4. The number of ketones is 1. The predicted molar refractivity (Wildman–Crippen MR) is 163 cm³/mol. The predicted octanol–water partition coefficient (Wildman–Crippen LogP) is 5.62. The zero-order valence-electron chi connectivity index (χ0n) is 27.9. The van der Waals surface area contributed by atoms with Crippen LogP contribution in [-0.2, 0) is 33.3 Å². The number of esters is 1. The number of aldehydes is 1. The van der Waals surface area contributed by atoms with Crippen molar-refractivity contribution in [2.45, 2.75) is 149 Å². The van der Waals surface area contributed by atoms with E-state index < -0.39 is 53.1 Å². The van der Waals surface area contributed by atoms with E-state index in [4.69, 9.17) is 18.9 Å². The number of ether oxygens (including phenoxy) is 4. The molecule has 3 heterocycles. The first-order valence-corrected chi connectivity index (χ1v) is 15.1. The van der Waals surface area contributed by atoms with Crippen molar-refractivity contribution in [2.75, 3.05) is 13.2 Å². The van der Waals surface area contributed by atoms with Crippen LogP contribution in [0.1, 0.15) is 108 Å². The fourth-order valence-electron chi connectivity index (χ4n) is 4.71. The summed E-state index contributed by atoms with van der Waals surface area (Å²) < 4.78 is 21.0. The third-order valence-corrected chi connectivity index (χ3v) is 6.47. The van der Waals surface area contributed by atoms with Crippen LogP contribution in [0.2, 0.25) is 0 Å². The van der Waals surface area contributed by atoms with Crippen molar-refractivity contribution < 1.29 is 42.9 Å². The summed E-state index contributed by atoms with van der Waals surface area (Å²) in [5.41, 5.74) is -1.82. The molecule has 3 rings (SSSR count). The maximum atomic E-state index is 12.4. The quantitative estimate of drug-likeness (QED) is 0.172. The van der Waals surface area contributed by atoms with E-state index >= 15 is 0 Å². The monoisotopic (exact) mass is 610 g/mol. The van der Waals surface area contributed by atoms with Gasteiger partial charge in [0.05, 0.1) is 18.1 Å². The Kier molecular flexibility index (Phi) is 14.4. The molecule has 4 atom stereocenters. The first-order chi connectivity index (χ1) is 19.7. The Hall–Kier alpha value is -2.95. The van der Waals surface area contributed by atoms with E-state index in [1.165, 1.54) is 29.6 Å². The number of nitrogens with zero attached hydrogens (tertiary/aromatic N) is 2. The third kappa shape index (κ3) is 13.5. The van der Waals surface area contributed by atoms with Crippen LogP contribution < -0.4 is 0 Å². The van der Waals surface area contributed by atoms with E-state index in [1.807, 2.05) is 20.8 Å². The van der Waals surface area contributed by atoms with Gasteiger partial charge in [0.1, 0.15) is 29.1 Å². The second-order valence-electron chi connectivity index (χ2n) is 13.9. The molecule has 0 spiro atoms. The SMILES string of the molecule is C1CCOC1.C=CC1CC[C@@H](C(=O)OC(C)(C)C)N1C(=O)OC(C)(C)C.CC(=O)[C@@H]1CCC(C=O)N1C(=O)OC(C)(C)C. The highest BCUT2D eigenvalue weighted by molar-refractivity contribution is 5.88. The van der Waals surface area contributed by atoms with E-state index in [9.17, 15) is 24.0 Å². The van der Waals surface area contributed by atoms with E-state index in [1.54, 1.807) is 47.6 Å². The number of hydrogen-bond acceptors (Lipinski definition) is 9. The van der Waals surface area contributed by atoms with Crippen molar-refractivity contribution in [1.29, 1.82) is 0 Å². The second kappa shape index (κ2) is 16.2. The topological polar surface area (TPSA) is 129 Å². The van der Waals surface area contributed by atoms with Gasteiger partial charge in [-0.25, -0.2) is 14.4 Å². The van der Waals surface area contributed by atoms with Gasteiger partial charge in [0, 0.05) is 13.2 Å². The average Bonchev–Trinajstić information content (AvgIpc) is 3.62. The molecule has 43 heavy (non-hydrogen) atoms. The van der Waals surface area contributed by atoms with Crippen LogP contribution in [-0.4, -0.2) is 94.2 Å². The number of amides is 2. The lowest BCUT2D eigenvalue weighted by atomic mass is 10.1. The lowest BCUT2D eigenvalue weighted by Gasteiger charge is -2.32. The van der Waals surface area contributed by atoms with Crippen LogP contribution in [0, 0.1) is 0 Å². The van der Waals surface area contributed by atoms with Crippen molar-refractivity contribution in [3.05, 3.63) is 12.7 Å². The molecule has 11 heteroatoms. The van der Waals surface area contributed by atoms with Gasteiger partial charge < -0.3 is 23.7 Å². The van der Waals surface area contributed by atoms with Gasteiger partial charge in [-0.2, -0.15) is 0 Å². The molecule has 0 saturated carbocycles. The standard InChI is InChI=1S/C16H27NO4.C12H19NO4.C4H8O/c1-8-11-9-10-12(13(18)20-15(2,3)4)17(11)14(19)21-16(5,6)7;1-8(15)10-6-5-9(7-14)13(10)11(16)17-12(2,3)4;1-2-4-5-3-1/h8,11-12H,1,9-10H2,2-7H3;7,9-10H,5-6H2,1-4H3;1-4H2/t11?,12-;9?,10-;/m00./s1. The smallest absolute Gasteiger partial charge is 0.411 e. The summed E-state index contributed by atoms with van der Waals surface area (Å²) in [5, 5.41) is 0. The van der Waals surface area contributed by atoms with Crippen LogP contribution in [0.5, 0.6) is 0 Å². The number of carbonyl (C=O) groups excluding carboxylic acids is 5. The summed E-state index contributed by atoms with van der Waals surface area (Å²) >= 11 is 0. The Balaban J connectivity index is 0.000000374. The van der Waals surface area contributed by atoms with Crippen LogP contribution in [0.15, 0.2) is 12.7 Å². The van der Waals surface area contributed by atoms with E-state index in [-0.39, 0.29) is 11.8 Å². The van der Waals surface area contributed by atoms with E-state index in [0.29, 0.717) is 32.0 Å². The summed E-state index contributed by atoms with van der Waals surface area (Å²) in [6.45, 7) is 23.2. The summed E-state index contributed by atoms with van der Waals surface area (Å²) in [5.74, 6) is -0.502. The molecule has 0 aromatic rings. The summed E-state index contributed by atoms with van der Waals surface area (Å²) in [7, 11) is 0. The Morgan fingerprint density at radius 3 is 1.47 bits per heavy atom. The zero-order chi connectivity index (χ0) is 33.2. The zero-order valence-corrected chi connectivity index (χ0v) is 27.9. The van der Waals surface area contributed by atoms with Crippen molar-refractivity contribution in [3.63, 3.8) is 0 Å². The molecule has 3 aliphatic heterocycles. The molecule has 0 aromatic heterocycles. The van der Waals surface area contributed by atoms with Crippen LogP contribution >= 0.6 is 0 Å². The number of hydrogen-bond donors (Lipinski definition) is 0. The molecule has 0 aromatic carbocycles. The molecule has 0 bridgehead atoms. The number of Topliss-reactive ketones (excluding diaryl/α,β-unsaturated/α-hetero) is 1. The Bertz CT molecular complexity index is 963. The van der Waals surface area contributed by atoms with E-state index in [2.05, 4.69) is 6.58 Å². The van der Waals surface area contributed by atoms with Crippen LogP contribution in [0.3, 0.4) is 0 Å². The lowest BCUT2D eigenvalue weighted by Crippen LogP contribution is -2.48. The van der Waals surface area contributed by atoms with Crippen molar-refractivity contribution in [3.8, 4) is 0 Å². The molecular weight excluding hydrogens is 556 g/mol. The van der Waals surface area contributed by atoms with Crippen LogP contribution in [0.4, 0.5) is 9.59 Å². The molecule has 0 radical (unpaired) electrons. The Labute approximate surface area is 257 Å². The Morgan fingerprint density at radius 1 is 0.698 bits per heavy atom. The van der Waals surface area contributed by atoms with Gasteiger partial charge >= 0.3 is 18.2 Å². The van der Waals surface area contributed by atoms with Gasteiger partial charge in [0.15, 0.2) is 5.78 Å². The molecule has 3 aliphatic rings. The molecule has 246 valence electrons. The van der Waals surface area contributed by atoms with Gasteiger partial charge in [0.2, 0.25) is 0 Å². The van der Waals surface area contributed by atoms with Gasteiger partial charge in [-0.3, -0.25) is 14.6 Å². The minimum atomic E-state index is -0.631. The fourth-order valence-corrected chi connectivity index (χ4v) is 4.71. The largest absolute Gasteiger partial charge is 0.458 e. The molecule has 11 nitrogen and oxygen atoms in total. The van der Waals surface area contributed by atoms with Gasteiger partial charge in [-0.05, 0) is 108 Å². The molecule has 2 amide bonds. The molecule has 2 unspecified atom stereocenters. The maximum Gasteiger partial charge on any atom is 0.411 e. The van der Waals surface area contributed by atoms with Crippen LogP contribution in [0.25, 0.3) is 0 Å². The molecule has 0 aliphatic carbocycles. The third-order valence-electron chi connectivity index (χ3n) is 6.47. The normalized spacial score (nSPS) is 23.7. The molecule has 0 N–H and O–H groups in total. The number of rotatable bonds is 4. The first-order valence-electron chi connectivity index (χ1n) is 15.1. The molecule has 3 fully saturated rings.